The summed E-state index contributed by atoms with van der Waals surface area (Å²) in [4.78, 5) is 2.62. The minimum atomic E-state index is 0.602. The van der Waals surface area contributed by atoms with Gasteiger partial charge in [-0.3, -0.25) is 4.90 Å². The van der Waals surface area contributed by atoms with E-state index in [9.17, 15) is 0 Å². The molecule has 1 aliphatic carbocycles. The molecule has 0 aromatic rings. The molecule has 4 heteroatoms. The summed E-state index contributed by atoms with van der Waals surface area (Å²) in [5.41, 5.74) is 0. The van der Waals surface area contributed by atoms with E-state index in [1.807, 2.05) is 0 Å². The Morgan fingerprint density at radius 3 is 2.79 bits per heavy atom. The van der Waals surface area contributed by atoms with Crippen LogP contribution < -0.4 is 5.32 Å². The van der Waals surface area contributed by atoms with Crippen LogP contribution in [0.4, 0.5) is 0 Å². The Kier molecular flexibility index (Phi) is 6.07. The lowest BCUT2D eigenvalue weighted by molar-refractivity contribution is 0.00646. The van der Waals surface area contributed by atoms with Crippen LogP contribution in [0.1, 0.15) is 26.2 Å². The van der Waals surface area contributed by atoms with E-state index in [1.165, 1.54) is 12.8 Å². The van der Waals surface area contributed by atoms with Crippen molar-refractivity contribution in [1.29, 1.82) is 0 Å². The lowest BCUT2D eigenvalue weighted by Crippen LogP contribution is -2.49. The van der Waals surface area contributed by atoms with Crippen LogP contribution in [0.25, 0.3) is 0 Å². The zero-order valence-electron chi connectivity index (χ0n) is 12.7. The molecule has 0 spiro atoms. The molecule has 0 amide bonds. The molecule has 0 radical (unpaired) electrons. The van der Waals surface area contributed by atoms with Gasteiger partial charge in [0.1, 0.15) is 0 Å². The van der Waals surface area contributed by atoms with Gasteiger partial charge in [-0.1, -0.05) is 0 Å². The average Bonchev–Trinajstić information content (AvgIpc) is 3.27. The SMILES string of the molecule is CNC1CCOCC1CN(CCOC)C(C)C1CC1. The molecule has 0 aromatic heterocycles. The van der Waals surface area contributed by atoms with E-state index in [4.69, 9.17) is 9.47 Å². The van der Waals surface area contributed by atoms with Gasteiger partial charge in [-0.15, -0.1) is 0 Å². The maximum atomic E-state index is 5.68. The first-order valence-corrected chi connectivity index (χ1v) is 7.74. The highest BCUT2D eigenvalue weighted by molar-refractivity contribution is 4.88. The molecule has 1 saturated heterocycles. The number of hydrogen-bond donors (Lipinski definition) is 1. The third-order valence-electron chi connectivity index (χ3n) is 4.78. The van der Waals surface area contributed by atoms with Crippen molar-refractivity contribution in [3.05, 3.63) is 0 Å². The summed E-state index contributed by atoms with van der Waals surface area (Å²) in [5.74, 6) is 1.52. The van der Waals surface area contributed by atoms with Crippen molar-refractivity contribution < 1.29 is 9.47 Å². The second-order valence-electron chi connectivity index (χ2n) is 6.08. The fourth-order valence-electron chi connectivity index (χ4n) is 3.20. The highest BCUT2D eigenvalue weighted by Crippen LogP contribution is 2.35. The van der Waals surface area contributed by atoms with Gasteiger partial charge < -0.3 is 14.8 Å². The lowest BCUT2D eigenvalue weighted by atomic mass is 9.94. The average molecular weight is 270 g/mol. The fourth-order valence-corrected chi connectivity index (χ4v) is 3.20. The smallest absolute Gasteiger partial charge is 0.0589 e. The molecule has 19 heavy (non-hydrogen) atoms. The van der Waals surface area contributed by atoms with Crippen LogP contribution in [0.2, 0.25) is 0 Å². The third-order valence-corrected chi connectivity index (χ3v) is 4.78. The number of rotatable bonds is 8. The minimum Gasteiger partial charge on any atom is -0.383 e. The summed E-state index contributed by atoms with van der Waals surface area (Å²) < 4.78 is 11.0. The largest absolute Gasteiger partial charge is 0.383 e. The molecule has 2 fully saturated rings. The fraction of sp³-hybridized carbons (Fsp3) is 1.00. The van der Waals surface area contributed by atoms with Crippen LogP contribution in [0.5, 0.6) is 0 Å². The maximum absolute atomic E-state index is 5.68. The van der Waals surface area contributed by atoms with Gasteiger partial charge in [0.15, 0.2) is 0 Å². The number of nitrogens with one attached hydrogen (secondary N) is 1. The van der Waals surface area contributed by atoms with Crippen LogP contribution >= 0.6 is 0 Å². The van der Waals surface area contributed by atoms with Gasteiger partial charge in [-0.05, 0) is 39.2 Å². The summed E-state index contributed by atoms with van der Waals surface area (Å²) in [6, 6.07) is 1.29. The van der Waals surface area contributed by atoms with E-state index in [-0.39, 0.29) is 0 Å². The van der Waals surface area contributed by atoms with E-state index < -0.39 is 0 Å². The molecule has 1 aliphatic heterocycles. The first-order chi connectivity index (χ1) is 9.26. The molecular formula is C15H30N2O2. The van der Waals surface area contributed by atoms with E-state index in [0.29, 0.717) is 18.0 Å². The van der Waals surface area contributed by atoms with Crippen LogP contribution in [0.3, 0.4) is 0 Å². The van der Waals surface area contributed by atoms with Crippen molar-refractivity contribution in [2.24, 2.45) is 11.8 Å². The van der Waals surface area contributed by atoms with Crippen LogP contribution in [-0.4, -0.2) is 64.1 Å². The minimum absolute atomic E-state index is 0.602. The molecule has 3 atom stereocenters. The molecule has 2 aliphatic rings. The zero-order chi connectivity index (χ0) is 13.7. The lowest BCUT2D eigenvalue weighted by Gasteiger charge is -2.38. The Morgan fingerprint density at radius 2 is 2.16 bits per heavy atom. The Hall–Kier alpha value is -0.160. The molecule has 2 rings (SSSR count). The molecule has 1 saturated carbocycles. The molecular weight excluding hydrogens is 240 g/mol. The van der Waals surface area contributed by atoms with Gasteiger partial charge in [0, 0.05) is 44.8 Å². The molecule has 1 N–H and O–H groups in total. The Balaban J connectivity index is 1.89. The van der Waals surface area contributed by atoms with Gasteiger partial charge >= 0.3 is 0 Å². The standard InChI is InChI=1S/C15H30N2O2/c1-12(13-4-5-13)17(7-9-18-3)10-14-11-19-8-6-15(14)16-2/h12-16H,4-11H2,1-3H3. The Bertz CT molecular complexity index is 259. The van der Waals surface area contributed by atoms with Crippen molar-refractivity contribution in [2.45, 2.75) is 38.3 Å². The van der Waals surface area contributed by atoms with Crippen LogP contribution in [-0.2, 0) is 9.47 Å². The Labute approximate surface area is 117 Å². The number of methoxy groups -OCH3 is 1. The quantitative estimate of drug-likeness (QED) is 0.722. The number of nitrogens with zero attached hydrogens (tertiary/aromatic N) is 1. The van der Waals surface area contributed by atoms with Crippen molar-refractivity contribution >= 4 is 0 Å². The summed E-state index contributed by atoms with van der Waals surface area (Å²) in [5, 5.41) is 3.46. The maximum Gasteiger partial charge on any atom is 0.0589 e. The zero-order valence-corrected chi connectivity index (χ0v) is 12.7. The molecule has 0 aromatic carbocycles. The summed E-state index contributed by atoms with van der Waals surface area (Å²) in [6.45, 7) is 7.18. The first-order valence-electron chi connectivity index (χ1n) is 7.74. The first kappa shape index (κ1) is 15.2. The molecule has 3 unspecified atom stereocenters. The number of ether oxygens (including phenoxy) is 2. The highest BCUT2D eigenvalue weighted by Gasteiger charge is 2.34. The molecule has 1 heterocycles. The van der Waals surface area contributed by atoms with Gasteiger partial charge in [-0.2, -0.15) is 0 Å². The van der Waals surface area contributed by atoms with Gasteiger partial charge in [0.25, 0.3) is 0 Å². The van der Waals surface area contributed by atoms with E-state index >= 15 is 0 Å². The summed E-state index contributed by atoms with van der Waals surface area (Å²) in [7, 11) is 3.87. The van der Waals surface area contributed by atoms with E-state index in [1.54, 1.807) is 7.11 Å². The summed E-state index contributed by atoms with van der Waals surface area (Å²) in [6.07, 6.45) is 3.94. The molecule has 112 valence electrons. The van der Waals surface area contributed by atoms with Crippen molar-refractivity contribution in [1.82, 2.24) is 10.2 Å². The number of hydrogen-bond acceptors (Lipinski definition) is 4. The third kappa shape index (κ3) is 4.42. The van der Waals surface area contributed by atoms with Crippen molar-refractivity contribution in [3.63, 3.8) is 0 Å². The van der Waals surface area contributed by atoms with Crippen molar-refractivity contribution in [3.8, 4) is 0 Å². The normalized spacial score (nSPS) is 29.7. The topological polar surface area (TPSA) is 33.7 Å². The van der Waals surface area contributed by atoms with Crippen LogP contribution in [0, 0.1) is 11.8 Å². The predicted octanol–water partition coefficient (Wildman–Crippen LogP) is 1.36. The summed E-state index contributed by atoms with van der Waals surface area (Å²) >= 11 is 0. The van der Waals surface area contributed by atoms with Gasteiger partial charge in [0.2, 0.25) is 0 Å². The van der Waals surface area contributed by atoms with Crippen LogP contribution in [0.15, 0.2) is 0 Å². The van der Waals surface area contributed by atoms with Gasteiger partial charge in [-0.25, -0.2) is 0 Å². The van der Waals surface area contributed by atoms with Crippen molar-refractivity contribution in [2.75, 3.05) is 47.1 Å². The molecule has 4 nitrogen and oxygen atoms in total. The Morgan fingerprint density at radius 1 is 1.37 bits per heavy atom. The second-order valence-corrected chi connectivity index (χ2v) is 6.08. The predicted molar refractivity (Wildman–Crippen MR) is 77.4 cm³/mol. The van der Waals surface area contributed by atoms with E-state index in [2.05, 4.69) is 24.2 Å². The highest BCUT2D eigenvalue weighted by atomic mass is 16.5. The molecule has 0 bridgehead atoms. The van der Waals surface area contributed by atoms with Gasteiger partial charge in [0.05, 0.1) is 13.2 Å². The van der Waals surface area contributed by atoms with E-state index in [0.717, 1.165) is 45.2 Å². The second kappa shape index (κ2) is 7.58. The monoisotopic (exact) mass is 270 g/mol.